The van der Waals surface area contributed by atoms with Crippen LogP contribution in [0.25, 0.3) is 0 Å². The monoisotopic (exact) mass is 440 g/mol. The Hall–Kier alpha value is -1.64. The van der Waals surface area contributed by atoms with Gasteiger partial charge in [0.1, 0.15) is 0 Å². The van der Waals surface area contributed by atoms with E-state index in [0.717, 1.165) is 48.1 Å². The van der Waals surface area contributed by atoms with Gasteiger partial charge in [-0.2, -0.15) is 0 Å². The predicted octanol–water partition coefficient (Wildman–Crippen LogP) is 2.45. The fraction of sp³-hybridized carbons (Fsp3) is 0.579. The maximum atomic E-state index is 12.1. The molecule has 1 unspecified atom stereocenters. The van der Waals surface area contributed by atoms with Gasteiger partial charge in [0.15, 0.2) is 5.96 Å². The average molecular weight is 441 g/mol. The summed E-state index contributed by atoms with van der Waals surface area (Å²) in [6.45, 7) is 5.01. The van der Waals surface area contributed by atoms with Crippen molar-refractivity contribution < 1.29 is 14.3 Å². The Balaban J connectivity index is 1.58. The number of benzene rings is 1. The number of anilines is 1. The minimum absolute atomic E-state index is 0.126. The Labute approximate surface area is 169 Å². The zero-order valence-corrected chi connectivity index (χ0v) is 17.6. The van der Waals surface area contributed by atoms with Crippen molar-refractivity contribution in [1.82, 2.24) is 10.6 Å². The van der Waals surface area contributed by atoms with Crippen molar-refractivity contribution in [3.63, 3.8) is 0 Å². The molecule has 1 saturated heterocycles. The molecule has 0 bridgehead atoms. The van der Waals surface area contributed by atoms with E-state index in [0.29, 0.717) is 19.2 Å². The molecule has 150 valence electrons. The van der Waals surface area contributed by atoms with Crippen LogP contribution >= 0.6 is 15.9 Å². The number of nitrogens with zero attached hydrogens (tertiary/aromatic N) is 1. The van der Waals surface area contributed by atoms with E-state index in [-0.39, 0.29) is 18.6 Å². The summed E-state index contributed by atoms with van der Waals surface area (Å²) in [7, 11) is 1.68. The van der Waals surface area contributed by atoms with Crippen molar-refractivity contribution in [3.05, 3.63) is 28.2 Å². The Bertz CT molecular complexity index is 633. The molecule has 27 heavy (non-hydrogen) atoms. The highest BCUT2D eigenvalue weighted by atomic mass is 79.9. The highest BCUT2D eigenvalue weighted by Crippen LogP contribution is 2.20. The number of rotatable bonds is 9. The minimum atomic E-state index is -0.126. The standard InChI is InChI=1S/C19H29BrN4O3/c1-14-6-7-15(20)11-17(14)24-18(25)12-23-19(21-2)22-8-4-9-26-13-16-5-3-10-27-16/h6-7,11,16H,3-5,8-10,12-13H2,1-2H3,(H,24,25)(H2,21,22,23). The van der Waals surface area contributed by atoms with Gasteiger partial charge in [-0.05, 0) is 43.9 Å². The van der Waals surface area contributed by atoms with Crippen molar-refractivity contribution >= 4 is 33.5 Å². The van der Waals surface area contributed by atoms with Gasteiger partial charge in [0.05, 0.1) is 19.3 Å². The first kappa shape index (κ1) is 21.7. The smallest absolute Gasteiger partial charge is 0.243 e. The molecular weight excluding hydrogens is 412 g/mol. The molecule has 3 N–H and O–H groups in total. The second kappa shape index (κ2) is 11.9. The van der Waals surface area contributed by atoms with Crippen molar-refractivity contribution in [2.45, 2.75) is 32.3 Å². The number of hydrogen-bond acceptors (Lipinski definition) is 4. The fourth-order valence-electron chi connectivity index (χ4n) is 2.68. The topological polar surface area (TPSA) is 84.0 Å². The van der Waals surface area contributed by atoms with Gasteiger partial charge in [0.2, 0.25) is 5.91 Å². The summed E-state index contributed by atoms with van der Waals surface area (Å²) in [5, 5.41) is 9.09. The Morgan fingerprint density at radius 2 is 2.26 bits per heavy atom. The molecule has 1 aliphatic heterocycles. The van der Waals surface area contributed by atoms with Gasteiger partial charge in [-0.3, -0.25) is 9.79 Å². The molecule has 2 rings (SSSR count). The van der Waals surface area contributed by atoms with Crippen LogP contribution in [0.15, 0.2) is 27.7 Å². The number of amides is 1. The molecule has 0 radical (unpaired) electrons. The van der Waals surface area contributed by atoms with Crippen LogP contribution in [0.3, 0.4) is 0 Å². The summed E-state index contributed by atoms with van der Waals surface area (Å²) < 4.78 is 12.1. The van der Waals surface area contributed by atoms with Crippen LogP contribution in [-0.2, 0) is 14.3 Å². The minimum Gasteiger partial charge on any atom is -0.379 e. The normalized spacial score (nSPS) is 17.0. The van der Waals surface area contributed by atoms with E-state index in [1.807, 2.05) is 25.1 Å². The molecule has 1 aliphatic rings. The van der Waals surface area contributed by atoms with Gasteiger partial charge in [-0.1, -0.05) is 22.0 Å². The third-order valence-electron chi connectivity index (χ3n) is 4.20. The first-order chi connectivity index (χ1) is 13.1. The van der Waals surface area contributed by atoms with Gasteiger partial charge < -0.3 is 25.4 Å². The summed E-state index contributed by atoms with van der Waals surface area (Å²) >= 11 is 3.41. The number of aliphatic imine (C=N–C) groups is 1. The van der Waals surface area contributed by atoms with Crippen LogP contribution in [0.5, 0.6) is 0 Å². The Morgan fingerprint density at radius 1 is 1.41 bits per heavy atom. The lowest BCUT2D eigenvalue weighted by atomic mass is 10.2. The van der Waals surface area contributed by atoms with Crippen molar-refractivity contribution in [3.8, 4) is 0 Å². The van der Waals surface area contributed by atoms with E-state index in [1.165, 1.54) is 0 Å². The largest absolute Gasteiger partial charge is 0.379 e. The first-order valence-electron chi connectivity index (χ1n) is 9.28. The van der Waals surface area contributed by atoms with E-state index < -0.39 is 0 Å². The molecule has 1 heterocycles. The molecule has 1 atom stereocenters. The lowest BCUT2D eigenvalue weighted by Crippen LogP contribution is -2.42. The lowest BCUT2D eigenvalue weighted by molar-refractivity contribution is -0.115. The summed E-state index contributed by atoms with van der Waals surface area (Å²) in [4.78, 5) is 16.3. The molecule has 0 spiro atoms. The summed E-state index contributed by atoms with van der Waals surface area (Å²) in [5.41, 5.74) is 1.81. The second-order valence-corrected chi connectivity index (χ2v) is 7.34. The summed E-state index contributed by atoms with van der Waals surface area (Å²) in [5.74, 6) is 0.467. The first-order valence-corrected chi connectivity index (χ1v) is 10.1. The second-order valence-electron chi connectivity index (χ2n) is 6.42. The molecule has 0 aromatic heterocycles. The van der Waals surface area contributed by atoms with E-state index in [9.17, 15) is 4.79 Å². The van der Waals surface area contributed by atoms with Crippen molar-refractivity contribution in [1.29, 1.82) is 0 Å². The van der Waals surface area contributed by atoms with Crippen molar-refractivity contribution in [2.24, 2.45) is 4.99 Å². The number of halogens is 1. The maximum Gasteiger partial charge on any atom is 0.243 e. The molecule has 7 nitrogen and oxygen atoms in total. The number of ether oxygens (including phenoxy) is 2. The number of carbonyl (C=O) groups is 1. The van der Waals surface area contributed by atoms with Crippen LogP contribution in [0.2, 0.25) is 0 Å². The molecule has 0 saturated carbocycles. The quantitative estimate of drug-likeness (QED) is 0.312. The number of hydrogen-bond donors (Lipinski definition) is 3. The zero-order chi connectivity index (χ0) is 19.5. The van der Waals surface area contributed by atoms with Gasteiger partial charge >= 0.3 is 0 Å². The van der Waals surface area contributed by atoms with Gasteiger partial charge in [0.25, 0.3) is 0 Å². The highest BCUT2D eigenvalue weighted by molar-refractivity contribution is 9.10. The highest BCUT2D eigenvalue weighted by Gasteiger charge is 2.14. The van der Waals surface area contributed by atoms with E-state index in [4.69, 9.17) is 9.47 Å². The number of nitrogens with one attached hydrogen (secondary N) is 3. The average Bonchev–Trinajstić information content (AvgIpc) is 3.17. The van der Waals surface area contributed by atoms with Crippen LogP contribution in [0.4, 0.5) is 5.69 Å². The molecule has 8 heteroatoms. The number of guanidine groups is 1. The molecule has 1 aromatic rings. The molecule has 1 amide bonds. The zero-order valence-electron chi connectivity index (χ0n) is 16.0. The van der Waals surface area contributed by atoms with Gasteiger partial charge in [-0.15, -0.1) is 0 Å². The third kappa shape index (κ3) is 8.28. The Morgan fingerprint density at radius 3 is 3.00 bits per heavy atom. The predicted molar refractivity (Wildman–Crippen MR) is 111 cm³/mol. The SMILES string of the molecule is CN=C(NCCCOCC1CCCO1)NCC(=O)Nc1cc(Br)ccc1C. The molecular formula is C19H29BrN4O3. The summed E-state index contributed by atoms with van der Waals surface area (Å²) in [6, 6.07) is 5.78. The molecule has 0 aliphatic carbocycles. The van der Waals surface area contributed by atoms with Gasteiger partial charge in [-0.25, -0.2) is 0 Å². The van der Waals surface area contributed by atoms with Crippen LogP contribution in [0.1, 0.15) is 24.8 Å². The van der Waals surface area contributed by atoms with Crippen molar-refractivity contribution in [2.75, 3.05) is 45.3 Å². The van der Waals surface area contributed by atoms with E-state index in [2.05, 4.69) is 36.9 Å². The van der Waals surface area contributed by atoms with Crippen LogP contribution in [0, 0.1) is 6.92 Å². The van der Waals surface area contributed by atoms with E-state index in [1.54, 1.807) is 7.05 Å². The summed E-state index contributed by atoms with van der Waals surface area (Å²) in [6.07, 6.45) is 3.35. The fourth-order valence-corrected chi connectivity index (χ4v) is 3.04. The van der Waals surface area contributed by atoms with Gasteiger partial charge in [0, 0.05) is 37.0 Å². The number of aryl methyl sites for hydroxylation is 1. The van der Waals surface area contributed by atoms with Crippen LogP contribution < -0.4 is 16.0 Å². The molecule has 1 fully saturated rings. The Kier molecular flexibility index (Phi) is 9.58. The lowest BCUT2D eigenvalue weighted by Gasteiger charge is -2.13. The third-order valence-corrected chi connectivity index (χ3v) is 4.69. The van der Waals surface area contributed by atoms with E-state index >= 15 is 0 Å². The maximum absolute atomic E-state index is 12.1. The molecule has 1 aromatic carbocycles. The number of carbonyl (C=O) groups excluding carboxylic acids is 1. The van der Waals surface area contributed by atoms with Crippen LogP contribution in [-0.4, -0.2) is 57.9 Å².